The number of ether oxygens (including phenoxy) is 2. The van der Waals surface area contributed by atoms with Crippen molar-refractivity contribution in [3.05, 3.63) is 130 Å². The lowest BCUT2D eigenvalue weighted by Gasteiger charge is -2.54. The highest BCUT2D eigenvalue weighted by Crippen LogP contribution is 2.69. The third-order valence-electron chi connectivity index (χ3n) is 8.65. The summed E-state index contributed by atoms with van der Waals surface area (Å²) in [5.74, 6) is -3.64. The molecule has 1 heterocycles. The summed E-state index contributed by atoms with van der Waals surface area (Å²) >= 11 is 15.0. The van der Waals surface area contributed by atoms with Crippen molar-refractivity contribution in [2.75, 3.05) is 18.6 Å². The topological polar surface area (TPSA) is 90.0 Å². The summed E-state index contributed by atoms with van der Waals surface area (Å²) in [4.78, 5) is 52.4. The Morgan fingerprint density at radius 1 is 0.721 bits per heavy atom. The number of carbonyl (C=O) groups is 4. The summed E-state index contributed by atoms with van der Waals surface area (Å²) in [6.45, 7) is -0.498. The van der Waals surface area contributed by atoms with Crippen LogP contribution >= 0.6 is 23.2 Å². The number of amides is 2. The summed E-state index contributed by atoms with van der Waals surface area (Å²) in [6.07, 6.45) is 0. The maximum Gasteiger partial charge on any atom is 0.338 e. The Kier molecular flexibility index (Phi) is 6.24. The van der Waals surface area contributed by atoms with Crippen LogP contribution in [0.15, 0.2) is 97.1 Å². The quantitative estimate of drug-likeness (QED) is 0.118. The van der Waals surface area contributed by atoms with Gasteiger partial charge in [0.15, 0.2) is 12.4 Å². The van der Waals surface area contributed by atoms with Crippen molar-refractivity contribution in [3.8, 4) is 5.75 Å². The van der Waals surface area contributed by atoms with Gasteiger partial charge in [-0.1, -0.05) is 66.7 Å². The van der Waals surface area contributed by atoms with Crippen molar-refractivity contribution in [1.29, 1.82) is 0 Å². The number of methoxy groups -OCH3 is 1. The lowest BCUT2D eigenvalue weighted by Crippen LogP contribution is -2.57. The SMILES string of the molecule is COc1cccc(C(=O)COC(=O)c2cccc(N3C(=O)[C@H]4[C@H](C3=O)C3(Cl)c5ccccc5C4(Cl)c4ccccc43)c2)c1. The second kappa shape index (κ2) is 9.79. The zero-order valence-electron chi connectivity index (χ0n) is 22.8. The lowest BCUT2D eigenvalue weighted by molar-refractivity contribution is -0.122. The first-order valence-electron chi connectivity index (χ1n) is 13.6. The summed E-state index contributed by atoms with van der Waals surface area (Å²) in [5.41, 5.74) is 3.40. The molecular weight excluding hydrogens is 589 g/mol. The molecule has 0 aromatic heterocycles. The second-order valence-corrected chi connectivity index (χ2v) is 12.0. The van der Waals surface area contributed by atoms with E-state index in [1.54, 1.807) is 36.4 Å². The monoisotopic (exact) mass is 611 g/mol. The molecule has 4 aromatic carbocycles. The average Bonchev–Trinajstić information content (AvgIpc) is 3.33. The van der Waals surface area contributed by atoms with Crippen molar-refractivity contribution < 1.29 is 28.7 Å². The highest BCUT2D eigenvalue weighted by atomic mass is 35.5. The van der Waals surface area contributed by atoms with E-state index in [2.05, 4.69) is 0 Å². The Morgan fingerprint density at radius 2 is 1.23 bits per heavy atom. The van der Waals surface area contributed by atoms with E-state index in [4.69, 9.17) is 32.7 Å². The molecule has 2 amide bonds. The molecular formula is C34H23Cl2NO6. The van der Waals surface area contributed by atoms with Crippen LogP contribution in [0.2, 0.25) is 0 Å². The minimum Gasteiger partial charge on any atom is -0.497 e. The number of hydrogen-bond donors (Lipinski definition) is 0. The molecule has 3 aliphatic carbocycles. The molecule has 0 N–H and O–H groups in total. The normalized spacial score (nSPS) is 24.7. The van der Waals surface area contributed by atoms with Gasteiger partial charge in [-0.3, -0.25) is 14.4 Å². The Labute approximate surface area is 256 Å². The molecule has 0 radical (unpaired) electrons. The molecule has 214 valence electrons. The third kappa shape index (κ3) is 3.74. The average molecular weight is 612 g/mol. The number of esters is 1. The molecule has 1 fully saturated rings. The molecule has 2 bridgehead atoms. The van der Waals surface area contributed by atoms with Crippen LogP contribution in [0.3, 0.4) is 0 Å². The van der Waals surface area contributed by atoms with Crippen LogP contribution in [0.5, 0.6) is 5.75 Å². The molecule has 1 saturated heterocycles. The molecule has 1 aliphatic heterocycles. The van der Waals surface area contributed by atoms with Crippen LogP contribution in [0.25, 0.3) is 0 Å². The molecule has 8 rings (SSSR count). The van der Waals surface area contributed by atoms with Gasteiger partial charge in [0, 0.05) is 5.56 Å². The maximum absolute atomic E-state index is 14.2. The maximum atomic E-state index is 14.2. The van der Waals surface area contributed by atoms with Gasteiger partial charge < -0.3 is 9.47 Å². The number of halogens is 2. The van der Waals surface area contributed by atoms with Crippen LogP contribution in [0.1, 0.15) is 43.0 Å². The van der Waals surface area contributed by atoms with E-state index in [1.807, 2.05) is 48.5 Å². The molecule has 0 saturated carbocycles. The number of anilines is 1. The van der Waals surface area contributed by atoms with E-state index in [1.165, 1.54) is 19.2 Å². The fourth-order valence-corrected chi connectivity index (χ4v) is 7.89. The minimum absolute atomic E-state index is 0.0714. The zero-order chi connectivity index (χ0) is 30.1. The van der Waals surface area contributed by atoms with Crippen LogP contribution in [-0.4, -0.2) is 37.3 Å². The van der Waals surface area contributed by atoms with E-state index < -0.39 is 51.8 Å². The Morgan fingerprint density at radius 3 is 1.77 bits per heavy atom. The van der Waals surface area contributed by atoms with Gasteiger partial charge in [0.25, 0.3) is 0 Å². The number of imide groups is 1. The molecule has 2 atom stereocenters. The van der Waals surface area contributed by atoms with E-state index >= 15 is 0 Å². The highest BCUT2D eigenvalue weighted by molar-refractivity contribution is 6.38. The number of ketones is 1. The highest BCUT2D eigenvalue weighted by Gasteiger charge is 2.73. The Balaban J connectivity index is 1.21. The number of alkyl halides is 2. The first-order valence-corrected chi connectivity index (χ1v) is 14.4. The number of carbonyl (C=O) groups excluding carboxylic acids is 4. The smallest absolute Gasteiger partial charge is 0.338 e. The lowest BCUT2D eigenvalue weighted by atomic mass is 9.54. The Hall–Kier alpha value is -4.46. The van der Waals surface area contributed by atoms with Gasteiger partial charge in [0.2, 0.25) is 11.8 Å². The Bertz CT molecular complexity index is 1750. The van der Waals surface area contributed by atoms with Gasteiger partial charge >= 0.3 is 5.97 Å². The van der Waals surface area contributed by atoms with E-state index in [9.17, 15) is 19.2 Å². The van der Waals surface area contributed by atoms with Gasteiger partial charge in [0.1, 0.15) is 15.5 Å². The molecule has 4 aliphatic rings. The predicted molar refractivity (Wildman–Crippen MR) is 160 cm³/mol. The second-order valence-electron chi connectivity index (χ2n) is 10.8. The summed E-state index contributed by atoms with van der Waals surface area (Å²) in [7, 11) is 1.49. The molecule has 4 aromatic rings. The molecule has 0 unspecified atom stereocenters. The van der Waals surface area contributed by atoms with Crippen molar-refractivity contribution in [2.24, 2.45) is 11.8 Å². The van der Waals surface area contributed by atoms with Crippen LogP contribution in [0, 0.1) is 11.8 Å². The van der Waals surface area contributed by atoms with Crippen LogP contribution in [0.4, 0.5) is 5.69 Å². The number of Topliss-reactive ketones (excluding diaryl/α,β-unsaturated/α-hetero) is 1. The van der Waals surface area contributed by atoms with Gasteiger partial charge in [-0.15, -0.1) is 23.2 Å². The standard InChI is InChI=1S/C34H23Cl2NO6/c1-42-22-11-7-8-19(17-22)27(38)18-43-32(41)20-9-6-10-21(16-20)37-30(39)28-29(31(37)40)34(36)24-13-3-2-12-23(24)33(28,35)25-14-4-5-15-26(25)34/h2-17,28-29H,18H2,1H3/t28-,29-,33?,34?/m1/s1. The van der Waals surface area contributed by atoms with Gasteiger partial charge in [-0.05, 0) is 52.6 Å². The van der Waals surface area contributed by atoms with Gasteiger partial charge in [-0.2, -0.15) is 0 Å². The van der Waals surface area contributed by atoms with Crippen molar-refractivity contribution in [3.63, 3.8) is 0 Å². The van der Waals surface area contributed by atoms with Crippen molar-refractivity contribution >= 4 is 52.5 Å². The first-order chi connectivity index (χ1) is 20.7. The predicted octanol–water partition coefficient (Wildman–Crippen LogP) is 5.83. The van der Waals surface area contributed by atoms with Crippen molar-refractivity contribution in [1.82, 2.24) is 0 Å². The summed E-state index contributed by atoms with van der Waals surface area (Å²) in [5, 5.41) is 0. The van der Waals surface area contributed by atoms with E-state index in [0.29, 0.717) is 33.6 Å². The molecule has 7 nitrogen and oxygen atoms in total. The number of nitrogens with zero attached hydrogens (tertiary/aromatic N) is 1. The largest absolute Gasteiger partial charge is 0.497 e. The zero-order valence-corrected chi connectivity index (χ0v) is 24.3. The summed E-state index contributed by atoms with van der Waals surface area (Å²) < 4.78 is 10.4. The molecule has 43 heavy (non-hydrogen) atoms. The number of rotatable bonds is 6. The van der Waals surface area contributed by atoms with Gasteiger partial charge in [-0.25, -0.2) is 9.69 Å². The van der Waals surface area contributed by atoms with E-state index in [0.717, 1.165) is 4.90 Å². The fraction of sp³-hybridized carbons (Fsp3) is 0.176. The molecule has 9 heteroatoms. The van der Waals surface area contributed by atoms with Gasteiger partial charge in [0.05, 0.1) is 30.2 Å². The number of hydrogen-bond acceptors (Lipinski definition) is 6. The summed E-state index contributed by atoms with van der Waals surface area (Å²) in [6, 6.07) is 27.3. The van der Waals surface area contributed by atoms with E-state index in [-0.39, 0.29) is 11.3 Å². The third-order valence-corrected chi connectivity index (χ3v) is 9.94. The number of benzene rings is 4. The van der Waals surface area contributed by atoms with Crippen LogP contribution < -0.4 is 9.64 Å². The fourth-order valence-electron chi connectivity index (χ4n) is 6.79. The first kappa shape index (κ1) is 27.4. The minimum atomic E-state index is -1.31. The van der Waals surface area contributed by atoms with Crippen LogP contribution in [-0.2, 0) is 24.1 Å². The molecule has 0 spiro atoms. The van der Waals surface area contributed by atoms with Crippen molar-refractivity contribution in [2.45, 2.75) is 9.75 Å².